The third-order valence-electron chi connectivity index (χ3n) is 1.44. The molecule has 0 saturated carbocycles. The van der Waals surface area contributed by atoms with E-state index in [1.54, 1.807) is 11.8 Å². The number of thioether (sulfide) groups is 1. The van der Waals surface area contributed by atoms with Crippen LogP contribution >= 0.6 is 11.8 Å². The summed E-state index contributed by atoms with van der Waals surface area (Å²) in [5, 5.41) is 0.829. The van der Waals surface area contributed by atoms with Crippen LogP contribution in [0.1, 0.15) is 18.3 Å². The van der Waals surface area contributed by atoms with Gasteiger partial charge in [-0.15, -0.1) is 0 Å². The lowest BCUT2D eigenvalue weighted by Gasteiger charge is -2.04. The Bertz CT molecular complexity index is 266. The van der Waals surface area contributed by atoms with Gasteiger partial charge in [0.15, 0.2) is 5.16 Å². The molecular formula is C9H15N3S. The third-order valence-corrected chi connectivity index (χ3v) is 2.57. The number of hydrogen-bond acceptors (Lipinski definition) is 4. The zero-order valence-electron chi connectivity index (χ0n) is 8.24. The highest BCUT2D eigenvalue weighted by Crippen LogP contribution is 2.14. The fraction of sp³-hybridized carbons (Fsp3) is 0.556. The van der Waals surface area contributed by atoms with E-state index in [1.165, 1.54) is 0 Å². The minimum absolute atomic E-state index is 0.189. The molecule has 1 rings (SSSR count). The first-order chi connectivity index (χ1) is 6.08. The fourth-order valence-corrected chi connectivity index (χ4v) is 1.79. The number of nitrogens with zero attached hydrogens (tertiary/aromatic N) is 2. The minimum Gasteiger partial charge on any atom is -0.327 e. The third kappa shape index (κ3) is 3.74. The Morgan fingerprint density at radius 1 is 1.38 bits per heavy atom. The molecule has 1 unspecified atom stereocenters. The van der Waals surface area contributed by atoms with Gasteiger partial charge in [-0.1, -0.05) is 11.8 Å². The molecule has 1 atom stereocenters. The van der Waals surface area contributed by atoms with Crippen molar-refractivity contribution in [1.82, 2.24) is 9.97 Å². The van der Waals surface area contributed by atoms with E-state index in [4.69, 9.17) is 5.73 Å². The summed E-state index contributed by atoms with van der Waals surface area (Å²) in [7, 11) is 0. The molecule has 0 saturated heterocycles. The summed E-state index contributed by atoms with van der Waals surface area (Å²) in [5.74, 6) is 0.864. The molecule has 0 aliphatic carbocycles. The van der Waals surface area contributed by atoms with E-state index in [-0.39, 0.29) is 6.04 Å². The van der Waals surface area contributed by atoms with Crippen LogP contribution < -0.4 is 5.73 Å². The van der Waals surface area contributed by atoms with Crippen LogP contribution in [0.15, 0.2) is 11.2 Å². The van der Waals surface area contributed by atoms with Gasteiger partial charge in [-0.25, -0.2) is 9.97 Å². The van der Waals surface area contributed by atoms with Crippen molar-refractivity contribution in [3.63, 3.8) is 0 Å². The first kappa shape index (κ1) is 10.5. The molecule has 72 valence electrons. The van der Waals surface area contributed by atoms with E-state index >= 15 is 0 Å². The molecule has 1 heterocycles. The lowest BCUT2D eigenvalue weighted by molar-refractivity contribution is 0.837. The Kier molecular flexibility index (Phi) is 3.69. The van der Waals surface area contributed by atoms with Gasteiger partial charge in [-0.3, -0.25) is 0 Å². The molecule has 0 bridgehead atoms. The second-order valence-corrected chi connectivity index (χ2v) is 4.21. The second kappa shape index (κ2) is 4.58. The normalized spacial score (nSPS) is 12.9. The van der Waals surface area contributed by atoms with Gasteiger partial charge in [0.1, 0.15) is 0 Å². The first-order valence-corrected chi connectivity index (χ1v) is 5.27. The van der Waals surface area contributed by atoms with Gasteiger partial charge in [0, 0.05) is 23.2 Å². The largest absolute Gasteiger partial charge is 0.327 e. The molecule has 1 aromatic heterocycles. The van der Waals surface area contributed by atoms with Gasteiger partial charge in [0.05, 0.1) is 0 Å². The first-order valence-electron chi connectivity index (χ1n) is 4.28. The number of hydrogen-bond donors (Lipinski definition) is 1. The van der Waals surface area contributed by atoms with E-state index < -0.39 is 0 Å². The van der Waals surface area contributed by atoms with Crippen molar-refractivity contribution in [2.45, 2.75) is 32.0 Å². The summed E-state index contributed by atoms with van der Waals surface area (Å²) in [6.07, 6.45) is 0. The summed E-state index contributed by atoms with van der Waals surface area (Å²) < 4.78 is 0. The topological polar surface area (TPSA) is 51.8 Å². The van der Waals surface area contributed by atoms with E-state index in [9.17, 15) is 0 Å². The van der Waals surface area contributed by atoms with Crippen LogP contribution in [-0.4, -0.2) is 21.8 Å². The van der Waals surface area contributed by atoms with Gasteiger partial charge in [0.2, 0.25) is 0 Å². The highest BCUT2D eigenvalue weighted by Gasteiger charge is 2.01. The maximum absolute atomic E-state index is 5.64. The second-order valence-electron chi connectivity index (χ2n) is 3.22. The van der Waals surface area contributed by atoms with Gasteiger partial charge in [0.25, 0.3) is 0 Å². The Morgan fingerprint density at radius 2 is 1.92 bits per heavy atom. The molecule has 0 amide bonds. The van der Waals surface area contributed by atoms with Gasteiger partial charge in [-0.2, -0.15) is 0 Å². The summed E-state index contributed by atoms with van der Waals surface area (Å²) >= 11 is 1.61. The average molecular weight is 197 g/mol. The standard InChI is InChI=1S/C9H15N3S/c1-6(10)5-13-9-11-7(2)4-8(3)12-9/h4,6H,5,10H2,1-3H3. The van der Waals surface area contributed by atoms with Crippen molar-refractivity contribution in [2.24, 2.45) is 5.73 Å². The highest BCUT2D eigenvalue weighted by molar-refractivity contribution is 7.99. The molecule has 0 spiro atoms. The quantitative estimate of drug-likeness (QED) is 0.590. The van der Waals surface area contributed by atoms with Gasteiger partial charge >= 0.3 is 0 Å². The Hall–Kier alpha value is -0.610. The average Bonchev–Trinajstić information content (AvgIpc) is 1.99. The molecule has 3 nitrogen and oxygen atoms in total. The van der Waals surface area contributed by atoms with Crippen LogP contribution in [0.5, 0.6) is 0 Å². The van der Waals surface area contributed by atoms with E-state index in [1.807, 2.05) is 26.8 Å². The maximum atomic E-state index is 5.64. The predicted octanol–water partition coefficient (Wildman–Crippen LogP) is 1.53. The van der Waals surface area contributed by atoms with E-state index in [0.29, 0.717) is 0 Å². The lowest BCUT2D eigenvalue weighted by atomic mass is 10.4. The van der Waals surface area contributed by atoms with Crippen LogP contribution in [0.25, 0.3) is 0 Å². The van der Waals surface area contributed by atoms with Crippen LogP contribution in [0, 0.1) is 13.8 Å². The van der Waals surface area contributed by atoms with Crippen LogP contribution in [0.2, 0.25) is 0 Å². The van der Waals surface area contributed by atoms with Crippen molar-refractivity contribution in [3.05, 3.63) is 17.5 Å². The van der Waals surface area contributed by atoms with Gasteiger partial charge in [-0.05, 0) is 26.8 Å². The van der Waals surface area contributed by atoms with Gasteiger partial charge < -0.3 is 5.73 Å². The SMILES string of the molecule is Cc1cc(C)nc(SCC(C)N)n1. The Morgan fingerprint density at radius 3 is 2.38 bits per heavy atom. The molecule has 2 N–H and O–H groups in total. The summed E-state index contributed by atoms with van der Waals surface area (Å²) in [6.45, 7) is 5.94. The van der Waals surface area contributed by atoms with Crippen LogP contribution in [0.4, 0.5) is 0 Å². The van der Waals surface area contributed by atoms with Crippen molar-refractivity contribution in [3.8, 4) is 0 Å². The summed E-state index contributed by atoms with van der Waals surface area (Å²) in [5.41, 5.74) is 7.67. The van der Waals surface area contributed by atoms with Crippen molar-refractivity contribution < 1.29 is 0 Å². The molecule has 13 heavy (non-hydrogen) atoms. The molecule has 0 aliphatic rings. The number of nitrogens with two attached hydrogens (primary N) is 1. The number of rotatable bonds is 3. The smallest absolute Gasteiger partial charge is 0.188 e. The Balaban J connectivity index is 2.66. The minimum atomic E-state index is 0.189. The molecule has 0 aromatic carbocycles. The van der Waals surface area contributed by atoms with E-state index in [2.05, 4.69) is 9.97 Å². The zero-order valence-corrected chi connectivity index (χ0v) is 9.06. The molecule has 0 aliphatic heterocycles. The predicted molar refractivity (Wildman–Crippen MR) is 55.9 cm³/mol. The number of aromatic nitrogens is 2. The van der Waals surface area contributed by atoms with Crippen LogP contribution in [-0.2, 0) is 0 Å². The molecule has 4 heteroatoms. The maximum Gasteiger partial charge on any atom is 0.188 e. The Labute approximate surface area is 83.2 Å². The summed E-state index contributed by atoms with van der Waals surface area (Å²) in [6, 6.07) is 2.16. The van der Waals surface area contributed by atoms with E-state index in [0.717, 1.165) is 22.3 Å². The zero-order chi connectivity index (χ0) is 9.84. The number of aryl methyl sites for hydroxylation is 2. The van der Waals surface area contributed by atoms with Crippen molar-refractivity contribution in [1.29, 1.82) is 0 Å². The fourth-order valence-electron chi connectivity index (χ4n) is 0.964. The van der Waals surface area contributed by atoms with Crippen molar-refractivity contribution in [2.75, 3.05) is 5.75 Å². The molecular weight excluding hydrogens is 182 g/mol. The monoisotopic (exact) mass is 197 g/mol. The van der Waals surface area contributed by atoms with Crippen LogP contribution in [0.3, 0.4) is 0 Å². The van der Waals surface area contributed by atoms with Crippen molar-refractivity contribution >= 4 is 11.8 Å². The molecule has 1 aromatic rings. The summed E-state index contributed by atoms with van der Waals surface area (Å²) in [4.78, 5) is 8.60. The molecule has 0 fully saturated rings. The molecule has 0 radical (unpaired) electrons. The lowest BCUT2D eigenvalue weighted by Crippen LogP contribution is -2.17. The highest BCUT2D eigenvalue weighted by atomic mass is 32.2.